The monoisotopic (exact) mass is 551 g/mol. The Kier molecular flexibility index (Phi) is 11.6. The summed E-state index contributed by atoms with van der Waals surface area (Å²) in [5.41, 5.74) is 36.3. The molecule has 1 saturated carbocycles. The quantitative estimate of drug-likeness (QED) is 0.120. The summed E-state index contributed by atoms with van der Waals surface area (Å²) >= 11 is 0. The lowest BCUT2D eigenvalue weighted by Crippen LogP contribution is -2.71. The first-order valence-electron chi connectivity index (χ1n) is 13.0. The molecule has 3 fully saturated rings. The van der Waals surface area contributed by atoms with Crippen LogP contribution in [0, 0.1) is 0 Å². The summed E-state index contributed by atoms with van der Waals surface area (Å²) in [5, 5.41) is 43.2. The van der Waals surface area contributed by atoms with Crippen LogP contribution in [0.2, 0.25) is 0 Å². The van der Waals surface area contributed by atoms with Crippen molar-refractivity contribution < 1.29 is 44.2 Å². The van der Waals surface area contributed by atoms with Crippen LogP contribution in [0.1, 0.15) is 25.7 Å². The van der Waals surface area contributed by atoms with Gasteiger partial charge in [-0.05, 0) is 32.2 Å². The third-order valence-electron chi connectivity index (χ3n) is 7.45. The Bertz CT molecular complexity index is 756. The second kappa shape index (κ2) is 14.0. The average Bonchev–Trinajstić information content (AvgIpc) is 2.89. The minimum absolute atomic E-state index is 0.0303. The van der Waals surface area contributed by atoms with Crippen LogP contribution in [0.25, 0.3) is 0 Å². The molecule has 14 atom stereocenters. The second-order valence-corrected chi connectivity index (χ2v) is 10.3. The van der Waals surface area contributed by atoms with E-state index >= 15 is 0 Å². The van der Waals surface area contributed by atoms with Gasteiger partial charge in [-0.25, -0.2) is 0 Å². The Hall–Kier alpha value is -1.09. The molecule has 0 bridgehead atoms. The number of hydrogen-bond acceptors (Lipinski definition) is 15. The highest BCUT2D eigenvalue weighted by Gasteiger charge is 2.50. The molecule has 6 unspecified atom stereocenters. The van der Waals surface area contributed by atoms with Crippen LogP contribution in [0.15, 0.2) is 0 Å². The molecule has 1 aliphatic carbocycles. The van der Waals surface area contributed by atoms with Gasteiger partial charge in [-0.1, -0.05) is 0 Å². The number of carbonyl (C=O) groups excluding carboxylic acids is 1. The van der Waals surface area contributed by atoms with E-state index in [0.29, 0.717) is 12.8 Å². The van der Waals surface area contributed by atoms with Gasteiger partial charge in [-0.2, -0.15) is 0 Å². The molecule has 3 rings (SSSR count). The number of aliphatic hydroxyl groups excluding tert-OH is 4. The molecular weight excluding hydrogens is 506 g/mol. The summed E-state index contributed by atoms with van der Waals surface area (Å²) in [7, 11) is 0. The topological polar surface area (TPSA) is 303 Å². The third-order valence-corrected chi connectivity index (χ3v) is 7.45. The molecule has 0 aromatic carbocycles. The molecule has 3 aliphatic rings. The first-order valence-corrected chi connectivity index (χ1v) is 13.0. The van der Waals surface area contributed by atoms with Gasteiger partial charge in [0.1, 0.15) is 24.4 Å². The number of carbonyl (C=O) groups is 1. The van der Waals surface area contributed by atoms with Crippen LogP contribution in [-0.4, -0.2) is 132 Å². The maximum Gasteiger partial charge on any atom is 0.249 e. The first-order chi connectivity index (χ1) is 18.0. The van der Waals surface area contributed by atoms with Crippen molar-refractivity contribution in [1.82, 2.24) is 5.32 Å². The average molecular weight is 552 g/mol. The number of amides is 1. The van der Waals surface area contributed by atoms with Crippen molar-refractivity contribution in [2.45, 2.75) is 111 Å². The number of aliphatic hydroxyl groups is 4. The van der Waals surface area contributed by atoms with Crippen molar-refractivity contribution in [3.05, 3.63) is 0 Å². The Labute approximate surface area is 221 Å². The lowest BCUT2D eigenvalue weighted by Gasteiger charge is -2.49. The Morgan fingerprint density at radius 1 is 0.947 bits per heavy atom. The molecule has 16 nitrogen and oxygen atoms in total. The van der Waals surface area contributed by atoms with Crippen molar-refractivity contribution in [3.63, 3.8) is 0 Å². The molecule has 2 heterocycles. The number of hydrogen-bond donors (Lipinski definition) is 11. The van der Waals surface area contributed by atoms with Crippen LogP contribution in [0.5, 0.6) is 0 Å². The van der Waals surface area contributed by atoms with Gasteiger partial charge in [-0.15, -0.1) is 0 Å². The van der Waals surface area contributed by atoms with Gasteiger partial charge in [0.25, 0.3) is 0 Å². The fraction of sp³-hybridized carbons (Fsp3) is 0.955. The minimum atomic E-state index is -1.49. The number of nitrogens with one attached hydrogen (secondary N) is 1. The SMILES string of the molecule is NCC[C@H](O)C(=O)N[C@@H]1C[C@H](N)C(O[C@H]2OC(CN)CCC2N)C(N)[C@H]1O[C@H]1OC(CO)[C@H](O)[C@H](N)C1O. The van der Waals surface area contributed by atoms with E-state index in [9.17, 15) is 25.2 Å². The van der Waals surface area contributed by atoms with Crippen molar-refractivity contribution in [3.8, 4) is 0 Å². The maximum atomic E-state index is 12.6. The van der Waals surface area contributed by atoms with Crippen molar-refractivity contribution in [2.75, 3.05) is 19.7 Å². The highest BCUT2D eigenvalue weighted by atomic mass is 16.7. The third kappa shape index (κ3) is 7.15. The van der Waals surface area contributed by atoms with E-state index in [2.05, 4.69) is 5.32 Å². The molecule has 16 heteroatoms. The molecule has 1 amide bonds. The van der Waals surface area contributed by atoms with E-state index < -0.39 is 91.9 Å². The van der Waals surface area contributed by atoms with Gasteiger partial charge in [-0.3, -0.25) is 4.79 Å². The highest BCUT2D eigenvalue weighted by molar-refractivity contribution is 5.80. The highest BCUT2D eigenvalue weighted by Crippen LogP contribution is 2.30. The van der Waals surface area contributed by atoms with Crippen LogP contribution >= 0.6 is 0 Å². The molecule has 2 aliphatic heterocycles. The Morgan fingerprint density at radius 3 is 2.26 bits per heavy atom. The molecule has 17 N–H and O–H groups in total. The number of nitrogens with two attached hydrogens (primary N) is 6. The summed E-state index contributed by atoms with van der Waals surface area (Å²) in [6, 6.07) is -4.20. The zero-order chi connectivity index (χ0) is 28.1. The first kappa shape index (κ1) is 31.4. The predicted octanol–water partition coefficient (Wildman–Crippen LogP) is -6.43. The molecule has 38 heavy (non-hydrogen) atoms. The van der Waals surface area contributed by atoms with Gasteiger partial charge in [0.2, 0.25) is 5.91 Å². The van der Waals surface area contributed by atoms with E-state index in [4.69, 9.17) is 53.3 Å². The van der Waals surface area contributed by atoms with Gasteiger partial charge < -0.3 is 79.1 Å². The normalized spacial score (nSPS) is 44.9. The lowest BCUT2D eigenvalue weighted by molar-refractivity contribution is -0.301. The molecule has 2 saturated heterocycles. The van der Waals surface area contributed by atoms with E-state index in [1.165, 1.54) is 0 Å². The minimum Gasteiger partial charge on any atom is -0.394 e. The number of ether oxygens (including phenoxy) is 4. The van der Waals surface area contributed by atoms with Crippen molar-refractivity contribution in [2.24, 2.45) is 34.4 Å². The van der Waals surface area contributed by atoms with Gasteiger partial charge in [0.05, 0.1) is 49.1 Å². The molecular formula is C22H45N7O9. The smallest absolute Gasteiger partial charge is 0.249 e. The van der Waals surface area contributed by atoms with Gasteiger partial charge >= 0.3 is 0 Å². The summed E-state index contributed by atoms with van der Waals surface area (Å²) in [6.07, 6.45) is -8.33. The second-order valence-electron chi connectivity index (χ2n) is 10.3. The fourth-order valence-electron chi connectivity index (χ4n) is 5.11. The molecule has 0 spiro atoms. The van der Waals surface area contributed by atoms with E-state index in [1.54, 1.807) is 0 Å². The summed E-state index contributed by atoms with van der Waals surface area (Å²) in [4.78, 5) is 12.6. The summed E-state index contributed by atoms with van der Waals surface area (Å²) in [5.74, 6) is -0.707. The summed E-state index contributed by atoms with van der Waals surface area (Å²) < 4.78 is 23.6. The molecule has 0 aromatic heterocycles. The molecule has 0 aromatic rings. The standard InChI is InChI=1S/C22H45N7O9/c23-4-3-12(31)20(34)29-11-5-10(26)18(37-21-9(25)2-1-8(6-24)35-21)15(28)19(11)38-22-17(33)14(27)16(32)13(7-30)36-22/h8-19,21-22,30-33H,1-7,23-28H2,(H,29,34)/t8?,9?,10-,11+,12-,13?,14-,15?,16-,17?,18?,19-,21+,22+/m0/s1. The lowest BCUT2D eigenvalue weighted by atomic mass is 9.82. The van der Waals surface area contributed by atoms with E-state index in [1.807, 2.05) is 0 Å². The van der Waals surface area contributed by atoms with Crippen molar-refractivity contribution >= 4 is 5.91 Å². The zero-order valence-electron chi connectivity index (χ0n) is 21.3. The zero-order valence-corrected chi connectivity index (χ0v) is 21.3. The van der Waals surface area contributed by atoms with E-state index in [0.717, 1.165) is 0 Å². The molecule has 0 radical (unpaired) electrons. The Morgan fingerprint density at radius 2 is 1.63 bits per heavy atom. The van der Waals surface area contributed by atoms with E-state index in [-0.39, 0.29) is 32.0 Å². The summed E-state index contributed by atoms with van der Waals surface area (Å²) in [6.45, 7) is -0.209. The number of rotatable bonds is 10. The van der Waals surface area contributed by atoms with Gasteiger partial charge in [0.15, 0.2) is 12.6 Å². The van der Waals surface area contributed by atoms with Gasteiger partial charge in [0, 0.05) is 12.6 Å². The largest absolute Gasteiger partial charge is 0.394 e. The van der Waals surface area contributed by atoms with Crippen molar-refractivity contribution in [1.29, 1.82) is 0 Å². The maximum absolute atomic E-state index is 12.6. The van der Waals surface area contributed by atoms with Crippen LogP contribution in [-0.2, 0) is 23.7 Å². The fourth-order valence-corrected chi connectivity index (χ4v) is 5.11. The Balaban J connectivity index is 1.82. The van der Waals surface area contributed by atoms with Crippen LogP contribution in [0.3, 0.4) is 0 Å². The van der Waals surface area contributed by atoms with Crippen LogP contribution < -0.4 is 39.7 Å². The predicted molar refractivity (Wildman–Crippen MR) is 133 cm³/mol. The van der Waals surface area contributed by atoms with Crippen LogP contribution in [0.4, 0.5) is 0 Å². The molecule has 222 valence electrons.